The maximum absolute atomic E-state index is 12.8. The molecule has 0 aromatic carbocycles. The maximum atomic E-state index is 12.8. The van der Waals surface area contributed by atoms with Crippen LogP contribution in [-0.4, -0.2) is 76.8 Å². The van der Waals surface area contributed by atoms with Crippen molar-refractivity contribution in [2.45, 2.75) is 45.2 Å². The van der Waals surface area contributed by atoms with E-state index in [-0.39, 0.29) is 17.4 Å². The average Bonchev–Trinajstić information content (AvgIpc) is 3.21. The molecule has 0 aliphatic carbocycles. The highest BCUT2D eigenvalue weighted by atomic mass is 16.5. The standard InChI is InChI=1S/C16H30N6O2/c1-6-13(7-2)14(23)21-9-8-16(12-21,20(3)4)15-17-18-19-22(15)10-11-24-5/h13H,6-12H2,1-5H3. The SMILES string of the molecule is CCC(CC)C(=O)N1CCC(c2nnnn2CCOC)(N(C)C)C1. The van der Waals surface area contributed by atoms with Crippen LogP contribution in [0.1, 0.15) is 38.9 Å². The van der Waals surface area contributed by atoms with Gasteiger partial charge in [0.25, 0.3) is 0 Å². The number of likely N-dealkylation sites (N-methyl/N-ethyl adjacent to an activating group) is 1. The summed E-state index contributed by atoms with van der Waals surface area (Å²) in [6.07, 6.45) is 2.60. The van der Waals surface area contributed by atoms with Gasteiger partial charge in [-0.25, -0.2) is 4.68 Å². The summed E-state index contributed by atoms with van der Waals surface area (Å²) in [6.45, 7) is 6.68. The minimum atomic E-state index is -0.348. The summed E-state index contributed by atoms with van der Waals surface area (Å²) in [5, 5.41) is 12.3. The first-order chi connectivity index (χ1) is 11.5. The summed E-state index contributed by atoms with van der Waals surface area (Å²) in [5.41, 5.74) is -0.348. The van der Waals surface area contributed by atoms with Gasteiger partial charge < -0.3 is 9.64 Å². The van der Waals surface area contributed by atoms with Crippen molar-refractivity contribution in [3.05, 3.63) is 5.82 Å². The van der Waals surface area contributed by atoms with Crippen molar-refractivity contribution < 1.29 is 9.53 Å². The molecule has 2 heterocycles. The lowest BCUT2D eigenvalue weighted by Gasteiger charge is -2.35. The molecule has 1 saturated heterocycles. The van der Waals surface area contributed by atoms with Crippen LogP contribution in [0.5, 0.6) is 0 Å². The van der Waals surface area contributed by atoms with Crippen molar-refractivity contribution in [2.24, 2.45) is 5.92 Å². The molecule has 0 bridgehead atoms. The van der Waals surface area contributed by atoms with E-state index in [1.165, 1.54) is 0 Å². The van der Waals surface area contributed by atoms with Gasteiger partial charge >= 0.3 is 0 Å². The Morgan fingerprint density at radius 2 is 2.08 bits per heavy atom. The number of tetrazole rings is 1. The molecule has 1 aromatic rings. The first-order valence-electron chi connectivity index (χ1n) is 8.72. The number of ether oxygens (including phenoxy) is 1. The molecule has 0 saturated carbocycles. The van der Waals surface area contributed by atoms with Crippen LogP contribution in [0.15, 0.2) is 0 Å². The lowest BCUT2D eigenvalue weighted by atomic mass is 9.95. The van der Waals surface area contributed by atoms with E-state index in [4.69, 9.17) is 4.74 Å². The Labute approximate surface area is 144 Å². The molecule has 1 aromatic heterocycles. The Morgan fingerprint density at radius 3 is 2.67 bits per heavy atom. The Bertz CT molecular complexity index is 542. The van der Waals surface area contributed by atoms with Crippen molar-refractivity contribution in [1.82, 2.24) is 30.0 Å². The van der Waals surface area contributed by atoms with Crippen LogP contribution >= 0.6 is 0 Å². The molecule has 8 heteroatoms. The van der Waals surface area contributed by atoms with E-state index in [1.807, 2.05) is 19.0 Å². The quantitative estimate of drug-likeness (QED) is 0.696. The van der Waals surface area contributed by atoms with Crippen LogP contribution in [0, 0.1) is 5.92 Å². The summed E-state index contributed by atoms with van der Waals surface area (Å²) < 4.78 is 6.95. The predicted molar refractivity (Wildman–Crippen MR) is 90.3 cm³/mol. The van der Waals surface area contributed by atoms with Gasteiger partial charge in [-0.1, -0.05) is 13.8 Å². The molecule has 1 aliphatic heterocycles. The minimum Gasteiger partial charge on any atom is -0.383 e. The first kappa shape index (κ1) is 18.8. The fourth-order valence-corrected chi connectivity index (χ4v) is 3.49. The fraction of sp³-hybridized carbons (Fsp3) is 0.875. The van der Waals surface area contributed by atoms with E-state index >= 15 is 0 Å². The second kappa shape index (κ2) is 8.02. The van der Waals surface area contributed by atoms with Crippen LogP contribution < -0.4 is 0 Å². The van der Waals surface area contributed by atoms with Gasteiger partial charge in [0.2, 0.25) is 5.91 Å². The van der Waals surface area contributed by atoms with Gasteiger partial charge in [-0.15, -0.1) is 5.10 Å². The molecular weight excluding hydrogens is 308 g/mol. The molecule has 0 radical (unpaired) electrons. The number of hydrogen-bond donors (Lipinski definition) is 0. The largest absolute Gasteiger partial charge is 0.383 e. The maximum Gasteiger partial charge on any atom is 0.225 e. The third-order valence-electron chi connectivity index (χ3n) is 5.21. The second-order valence-electron chi connectivity index (χ2n) is 6.67. The van der Waals surface area contributed by atoms with Crippen LogP contribution in [0.25, 0.3) is 0 Å². The number of carbonyl (C=O) groups is 1. The number of amides is 1. The van der Waals surface area contributed by atoms with Crippen molar-refractivity contribution in [3.8, 4) is 0 Å². The number of likely N-dealkylation sites (tertiary alicyclic amines) is 1. The molecular formula is C16H30N6O2. The second-order valence-corrected chi connectivity index (χ2v) is 6.67. The molecule has 1 fully saturated rings. The number of nitrogens with zero attached hydrogens (tertiary/aromatic N) is 6. The van der Waals surface area contributed by atoms with Gasteiger partial charge in [0.05, 0.1) is 13.2 Å². The van der Waals surface area contributed by atoms with E-state index < -0.39 is 0 Å². The molecule has 2 rings (SSSR count). The third-order valence-corrected chi connectivity index (χ3v) is 5.21. The Morgan fingerprint density at radius 1 is 1.38 bits per heavy atom. The van der Waals surface area contributed by atoms with Crippen molar-refractivity contribution in [2.75, 3.05) is 40.9 Å². The lowest BCUT2D eigenvalue weighted by molar-refractivity contribution is -0.135. The van der Waals surface area contributed by atoms with Crippen molar-refractivity contribution >= 4 is 5.91 Å². The zero-order valence-corrected chi connectivity index (χ0v) is 15.5. The molecule has 136 valence electrons. The van der Waals surface area contributed by atoms with E-state index in [2.05, 4.69) is 34.3 Å². The minimum absolute atomic E-state index is 0.104. The predicted octanol–water partition coefficient (Wildman–Crippen LogP) is 0.745. The zero-order valence-electron chi connectivity index (χ0n) is 15.5. The molecule has 0 N–H and O–H groups in total. The lowest BCUT2D eigenvalue weighted by Crippen LogP contribution is -2.47. The molecule has 8 nitrogen and oxygen atoms in total. The molecule has 1 unspecified atom stereocenters. The first-order valence-corrected chi connectivity index (χ1v) is 8.72. The van der Waals surface area contributed by atoms with Gasteiger partial charge in [-0.05, 0) is 43.8 Å². The molecule has 1 aliphatic rings. The summed E-state index contributed by atoms with van der Waals surface area (Å²) in [5.74, 6) is 1.16. The van der Waals surface area contributed by atoms with Crippen molar-refractivity contribution in [1.29, 1.82) is 0 Å². The van der Waals surface area contributed by atoms with Crippen molar-refractivity contribution in [3.63, 3.8) is 0 Å². The summed E-state index contributed by atoms with van der Waals surface area (Å²) in [6, 6.07) is 0. The normalized spacial score (nSPS) is 21.2. The van der Waals surface area contributed by atoms with E-state index in [0.717, 1.165) is 31.6 Å². The topological polar surface area (TPSA) is 76.4 Å². The van der Waals surface area contributed by atoms with E-state index in [0.29, 0.717) is 19.7 Å². The highest BCUT2D eigenvalue weighted by Gasteiger charge is 2.47. The monoisotopic (exact) mass is 338 g/mol. The third kappa shape index (κ3) is 3.44. The molecule has 1 atom stereocenters. The molecule has 0 spiro atoms. The number of carbonyl (C=O) groups excluding carboxylic acids is 1. The Kier molecular flexibility index (Phi) is 6.28. The van der Waals surface area contributed by atoms with E-state index in [1.54, 1.807) is 11.8 Å². The van der Waals surface area contributed by atoms with Crippen LogP contribution in [0.3, 0.4) is 0 Å². The van der Waals surface area contributed by atoms with Gasteiger partial charge in [0, 0.05) is 26.1 Å². The van der Waals surface area contributed by atoms with Gasteiger partial charge in [-0.2, -0.15) is 0 Å². The van der Waals surface area contributed by atoms with Gasteiger partial charge in [-0.3, -0.25) is 9.69 Å². The number of aromatic nitrogens is 4. The highest BCUT2D eigenvalue weighted by molar-refractivity contribution is 5.79. The van der Waals surface area contributed by atoms with Gasteiger partial charge in [0.15, 0.2) is 5.82 Å². The summed E-state index contributed by atoms with van der Waals surface area (Å²) >= 11 is 0. The Hall–Kier alpha value is -1.54. The average molecular weight is 338 g/mol. The highest BCUT2D eigenvalue weighted by Crippen LogP contribution is 2.36. The molecule has 1 amide bonds. The van der Waals surface area contributed by atoms with E-state index in [9.17, 15) is 4.79 Å². The number of methoxy groups -OCH3 is 1. The van der Waals surface area contributed by atoms with Crippen LogP contribution in [-0.2, 0) is 21.6 Å². The smallest absolute Gasteiger partial charge is 0.225 e. The number of rotatable bonds is 8. The zero-order chi connectivity index (χ0) is 17.7. The van der Waals surface area contributed by atoms with Crippen LogP contribution in [0.2, 0.25) is 0 Å². The Balaban J connectivity index is 2.25. The number of hydrogen-bond acceptors (Lipinski definition) is 6. The van der Waals surface area contributed by atoms with Crippen LogP contribution in [0.4, 0.5) is 0 Å². The molecule has 24 heavy (non-hydrogen) atoms. The summed E-state index contributed by atoms with van der Waals surface area (Å²) in [7, 11) is 5.72. The fourth-order valence-electron chi connectivity index (χ4n) is 3.49. The van der Waals surface area contributed by atoms with Gasteiger partial charge in [0.1, 0.15) is 5.54 Å². The summed E-state index contributed by atoms with van der Waals surface area (Å²) in [4.78, 5) is 16.9.